The van der Waals surface area contributed by atoms with Gasteiger partial charge in [0.25, 0.3) is 0 Å². The summed E-state index contributed by atoms with van der Waals surface area (Å²) in [5, 5.41) is 16.0. The molecule has 1 aliphatic heterocycles. The minimum absolute atomic E-state index is 0.00757. The van der Waals surface area contributed by atoms with Gasteiger partial charge in [0.05, 0.1) is 22.4 Å². The van der Waals surface area contributed by atoms with E-state index in [1.807, 2.05) is 12.1 Å². The number of aromatic nitrogens is 4. The predicted molar refractivity (Wildman–Crippen MR) is 145 cm³/mol. The van der Waals surface area contributed by atoms with Crippen LogP contribution in [0.1, 0.15) is 50.7 Å². The number of aromatic amines is 1. The van der Waals surface area contributed by atoms with E-state index in [0.717, 1.165) is 18.5 Å². The van der Waals surface area contributed by atoms with E-state index in [1.165, 1.54) is 18.2 Å². The maximum absolute atomic E-state index is 14.7. The Hall–Kier alpha value is -3.78. The maximum atomic E-state index is 14.7. The Bertz CT molecular complexity index is 1720. The van der Waals surface area contributed by atoms with Crippen LogP contribution >= 0.6 is 0 Å². The largest absolute Gasteiger partial charge is 0.262 e. The van der Waals surface area contributed by atoms with Crippen molar-refractivity contribution in [3.63, 3.8) is 0 Å². The molecule has 4 atom stereocenters. The third-order valence-electron chi connectivity index (χ3n) is 8.81. The van der Waals surface area contributed by atoms with Gasteiger partial charge in [0.1, 0.15) is 34.9 Å². The van der Waals surface area contributed by atoms with Gasteiger partial charge in [0, 0.05) is 11.7 Å². The molecule has 3 heterocycles. The number of halogens is 2. The lowest BCUT2D eigenvalue weighted by Gasteiger charge is -2.45. The molecular weight excluding hydrogens is 534 g/mol. The Balaban J connectivity index is 1.44. The lowest BCUT2D eigenvalue weighted by Crippen LogP contribution is -2.48. The van der Waals surface area contributed by atoms with Gasteiger partial charge in [-0.2, -0.15) is 15.3 Å². The first-order chi connectivity index (χ1) is 19.1. The average Bonchev–Trinajstić information content (AvgIpc) is 3.45. The normalized spacial score (nSPS) is 26.4. The highest BCUT2D eigenvalue weighted by Crippen LogP contribution is 2.63. The monoisotopic (exact) mass is 562 g/mol. The van der Waals surface area contributed by atoms with E-state index in [9.17, 15) is 17.2 Å². The molecule has 3 aromatic rings. The van der Waals surface area contributed by atoms with Crippen LogP contribution in [0.25, 0.3) is 17.2 Å². The number of benzene rings is 1. The highest BCUT2D eigenvalue weighted by atomic mass is 32.2. The molecule has 3 aliphatic rings. The summed E-state index contributed by atoms with van der Waals surface area (Å²) in [6.45, 7) is 5.93. The Morgan fingerprint density at radius 3 is 2.58 bits per heavy atom. The molecule has 2 unspecified atom stereocenters. The molecule has 1 fully saturated rings. The summed E-state index contributed by atoms with van der Waals surface area (Å²) in [6, 6.07) is 8.74. The number of hydrogen-bond donors (Lipinski definition) is 1. The van der Waals surface area contributed by atoms with Gasteiger partial charge in [-0.3, -0.25) is 5.10 Å². The van der Waals surface area contributed by atoms with Gasteiger partial charge in [-0.05, 0) is 54.5 Å². The second-order valence-electron chi connectivity index (χ2n) is 11.1. The van der Waals surface area contributed by atoms with Gasteiger partial charge in [0.15, 0.2) is 15.7 Å². The standard InChI is InChI=1S/C29H28F2N6O2S/c1-4-40(38,39)16-25-33-27(37-36-25)21-9-6-10-23(32-21)29-14-13-18(28(29,2)3)17-11-12-24(29)35-34-22(15-17)26-19(30)7-5-8-20(26)31/h5-10,15,17-18,24H,4,13-14,16H2,1-3H3,(H,33,36,37)/t17?,18-,24?,29-/m0/s1. The van der Waals surface area contributed by atoms with Gasteiger partial charge in [-0.1, -0.05) is 44.7 Å². The summed E-state index contributed by atoms with van der Waals surface area (Å²) in [4.78, 5) is 9.38. The number of rotatable bonds is 6. The number of nitrogens with one attached hydrogen (secondary N) is 1. The quantitative estimate of drug-likeness (QED) is 0.412. The van der Waals surface area contributed by atoms with Crippen molar-refractivity contribution in [2.24, 2.45) is 27.5 Å². The van der Waals surface area contributed by atoms with Crippen molar-refractivity contribution in [2.45, 2.75) is 50.8 Å². The number of pyridine rings is 1. The minimum atomic E-state index is -3.28. The van der Waals surface area contributed by atoms with Gasteiger partial charge < -0.3 is 0 Å². The molecule has 0 radical (unpaired) electrons. The molecule has 2 aliphatic carbocycles. The molecule has 0 saturated heterocycles. The third kappa shape index (κ3) is 4.08. The lowest BCUT2D eigenvalue weighted by molar-refractivity contribution is 0.122. The zero-order chi connectivity index (χ0) is 28.3. The van der Waals surface area contributed by atoms with Crippen molar-refractivity contribution in [1.29, 1.82) is 0 Å². The molecule has 0 amide bonds. The smallest absolute Gasteiger partial charge is 0.199 e. The van der Waals surface area contributed by atoms with Crippen molar-refractivity contribution in [3.05, 3.63) is 71.2 Å². The molecule has 1 N–H and O–H groups in total. The first-order valence-corrected chi connectivity index (χ1v) is 15.1. The van der Waals surface area contributed by atoms with Crippen molar-refractivity contribution < 1.29 is 17.2 Å². The molecule has 206 valence electrons. The average molecular weight is 563 g/mol. The van der Waals surface area contributed by atoms with E-state index < -0.39 is 32.9 Å². The zero-order valence-electron chi connectivity index (χ0n) is 22.3. The van der Waals surface area contributed by atoms with Crippen LogP contribution in [0.15, 0.2) is 52.7 Å². The molecule has 1 saturated carbocycles. The van der Waals surface area contributed by atoms with E-state index in [1.54, 1.807) is 19.1 Å². The number of azo groups is 1. The second-order valence-corrected chi connectivity index (χ2v) is 13.5. The van der Waals surface area contributed by atoms with Crippen LogP contribution in [0.4, 0.5) is 8.78 Å². The summed E-state index contributed by atoms with van der Waals surface area (Å²) < 4.78 is 53.6. The van der Waals surface area contributed by atoms with Crippen molar-refractivity contribution in [3.8, 4) is 23.4 Å². The van der Waals surface area contributed by atoms with E-state index in [0.29, 0.717) is 11.5 Å². The van der Waals surface area contributed by atoms with E-state index in [-0.39, 0.29) is 45.8 Å². The van der Waals surface area contributed by atoms with E-state index in [4.69, 9.17) is 4.98 Å². The molecule has 11 heteroatoms. The molecule has 2 aromatic heterocycles. The van der Waals surface area contributed by atoms with Crippen LogP contribution in [-0.4, -0.2) is 40.4 Å². The topological polar surface area (TPSA) is 113 Å². The molecule has 40 heavy (non-hydrogen) atoms. The summed E-state index contributed by atoms with van der Waals surface area (Å²) in [5.41, 5.74) is 0.186. The maximum Gasteiger partial charge on any atom is 0.199 e. The summed E-state index contributed by atoms with van der Waals surface area (Å²) in [7, 11) is -3.28. The van der Waals surface area contributed by atoms with E-state index in [2.05, 4.69) is 51.1 Å². The van der Waals surface area contributed by atoms with Gasteiger partial charge in [-0.15, -0.1) is 0 Å². The molecule has 6 rings (SSSR count). The van der Waals surface area contributed by atoms with Crippen molar-refractivity contribution in [1.82, 2.24) is 20.2 Å². The second kappa shape index (κ2) is 9.41. The summed E-state index contributed by atoms with van der Waals surface area (Å²) in [6.07, 6.45) is 3.33. The van der Waals surface area contributed by atoms with Crippen LogP contribution in [0.3, 0.4) is 0 Å². The molecule has 1 aromatic carbocycles. The minimum Gasteiger partial charge on any atom is -0.262 e. The fraction of sp³-hybridized carbons (Fsp3) is 0.414. The van der Waals surface area contributed by atoms with Gasteiger partial charge in [-0.25, -0.2) is 27.2 Å². The van der Waals surface area contributed by atoms with Crippen LogP contribution < -0.4 is 0 Å². The first kappa shape index (κ1) is 26.4. The first-order valence-electron chi connectivity index (χ1n) is 13.2. The zero-order valence-corrected chi connectivity index (χ0v) is 23.1. The highest BCUT2D eigenvalue weighted by molar-refractivity contribution is 7.90. The van der Waals surface area contributed by atoms with Gasteiger partial charge >= 0.3 is 0 Å². The Labute approximate surface area is 231 Å². The number of fused-ring (bicyclic) bond motifs is 6. The van der Waals surface area contributed by atoms with Gasteiger partial charge in [0.2, 0.25) is 0 Å². The van der Waals surface area contributed by atoms with Crippen LogP contribution in [0.5, 0.6) is 0 Å². The Morgan fingerprint density at radius 2 is 1.82 bits per heavy atom. The molecule has 8 nitrogen and oxygen atoms in total. The third-order valence-corrected chi connectivity index (χ3v) is 10.4. The number of hydrogen-bond acceptors (Lipinski definition) is 7. The van der Waals surface area contributed by atoms with Crippen LogP contribution in [0, 0.1) is 40.7 Å². The van der Waals surface area contributed by atoms with E-state index >= 15 is 0 Å². The fourth-order valence-electron chi connectivity index (χ4n) is 6.59. The number of H-pyrrole nitrogens is 1. The number of sulfone groups is 1. The van der Waals surface area contributed by atoms with Crippen molar-refractivity contribution >= 4 is 15.5 Å². The van der Waals surface area contributed by atoms with Crippen molar-refractivity contribution in [2.75, 3.05) is 5.75 Å². The Kier molecular flexibility index (Phi) is 6.22. The molecule has 4 bridgehead atoms. The number of nitrogens with zero attached hydrogens (tertiary/aromatic N) is 5. The summed E-state index contributed by atoms with van der Waals surface area (Å²) >= 11 is 0. The SMILES string of the molecule is CCS(=O)(=O)Cc1nc(-c2cccc([C@@]34CC[C@@H](C5C#CC3N=NC(c3c(F)cccc3F)=C5)C4(C)C)n2)n[nH]1. The lowest BCUT2D eigenvalue weighted by atomic mass is 9.58. The number of allylic oxidation sites excluding steroid dienone is 1. The predicted octanol–water partition coefficient (Wildman–Crippen LogP) is 5.26. The fourth-order valence-corrected chi connectivity index (χ4v) is 7.34. The van der Waals surface area contributed by atoms with Crippen LogP contribution in [-0.2, 0) is 21.0 Å². The summed E-state index contributed by atoms with van der Waals surface area (Å²) in [5.74, 6) is 5.40. The Morgan fingerprint density at radius 1 is 1.07 bits per heavy atom. The van der Waals surface area contributed by atoms with Crippen LogP contribution in [0.2, 0.25) is 0 Å². The molecular formula is C29H28F2N6O2S. The highest BCUT2D eigenvalue weighted by Gasteiger charge is 2.62. The molecule has 0 spiro atoms.